The molecule has 5 heteroatoms. The lowest BCUT2D eigenvalue weighted by atomic mass is 10.3. The van der Waals surface area contributed by atoms with Crippen molar-refractivity contribution < 1.29 is 9.53 Å². The molecule has 0 atom stereocenters. The molecule has 4 nitrogen and oxygen atoms in total. The number of aromatic nitrogens is 1. The highest BCUT2D eigenvalue weighted by atomic mass is 32.2. The van der Waals surface area contributed by atoms with Crippen LogP contribution in [0, 0.1) is 0 Å². The van der Waals surface area contributed by atoms with Crippen molar-refractivity contribution in [1.82, 2.24) is 4.98 Å². The molecule has 0 saturated heterocycles. The average Bonchev–Trinajstić information content (AvgIpc) is 2.20. The number of hydrogen-bond acceptors (Lipinski definition) is 5. The summed E-state index contributed by atoms with van der Waals surface area (Å²) in [7, 11) is 1.33. The summed E-state index contributed by atoms with van der Waals surface area (Å²) in [6, 6.07) is 3.22. The summed E-state index contributed by atoms with van der Waals surface area (Å²) in [5.74, 6) is 0.421. The lowest BCUT2D eigenvalue weighted by Gasteiger charge is -2.04. The zero-order valence-corrected chi connectivity index (χ0v) is 8.93. The zero-order chi connectivity index (χ0) is 10.6. The van der Waals surface area contributed by atoms with Crippen molar-refractivity contribution in [3.8, 4) is 0 Å². The summed E-state index contributed by atoms with van der Waals surface area (Å²) in [6.45, 7) is 2.00. The molecule has 0 bridgehead atoms. The monoisotopic (exact) mass is 212 g/mol. The number of carbonyl (C=O) groups is 1. The van der Waals surface area contributed by atoms with Gasteiger partial charge in [-0.15, -0.1) is 11.8 Å². The van der Waals surface area contributed by atoms with Crippen molar-refractivity contribution >= 4 is 23.4 Å². The summed E-state index contributed by atoms with van der Waals surface area (Å²) in [4.78, 5) is 15.2. The fourth-order valence-corrected chi connectivity index (χ4v) is 1.59. The van der Waals surface area contributed by atoms with Crippen LogP contribution in [0.2, 0.25) is 0 Å². The predicted molar refractivity (Wildman–Crippen MR) is 56.4 cm³/mol. The third kappa shape index (κ3) is 2.38. The first-order chi connectivity index (χ1) is 6.69. The maximum Gasteiger partial charge on any atom is 0.356 e. The summed E-state index contributed by atoms with van der Waals surface area (Å²) in [6.07, 6.45) is 0. The van der Waals surface area contributed by atoms with Crippen LogP contribution in [0.5, 0.6) is 0 Å². The number of rotatable bonds is 3. The summed E-state index contributed by atoms with van der Waals surface area (Å²) in [5.41, 5.74) is 6.56. The highest BCUT2D eigenvalue weighted by Gasteiger charge is 2.09. The van der Waals surface area contributed by atoms with E-state index >= 15 is 0 Å². The van der Waals surface area contributed by atoms with Gasteiger partial charge in [-0.2, -0.15) is 0 Å². The molecule has 0 aromatic carbocycles. The van der Waals surface area contributed by atoms with Crippen LogP contribution in [0.15, 0.2) is 17.2 Å². The Morgan fingerprint density at radius 2 is 2.36 bits per heavy atom. The molecule has 0 unspecified atom stereocenters. The van der Waals surface area contributed by atoms with Gasteiger partial charge in [0, 0.05) is 0 Å². The van der Waals surface area contributed by atoms with E-state index in [1.54, 1.807) is 12.1 Å². The highest BCUT2D eigenvalue weighted by Crippen LogP contribution is 2.22. The Balaban J connectivity index is 2.99. The number of nitrogens with zero attached hydrogens (tertiary/aromatic N) is 1. The molecule has 0 aliphatic carbocycles. The molecule has 1 aromatic rings. The summed E-state index contributed by atoms with van der Waals surface area (Å²) < 4.78 is 4.56. The Morgan fingerprint density at radius 1 is 1.64 bits per heavy atom. The van der Waals surface area contributed by atoms with Crippen LogP contribution in [0.1, 0.15) is 17.4 Å². The van der Waals surface area contributed by atoms with Gasteiger partial charge in [-0.3, -0.25) is 0 Å². The fourth-order valence-electron chi connectivity index (χ4n) is 0.922. The zero-order valence-electron chi connectivity index (χ0n) is 8.11. The molecule has 2 N–H and O–H groups in total. The molecule has 0 aliphatic rings. The van der Waals surface area contributed by atoms with Gasteiger partial charge in [0.05, 0.1) is 12.8 Å². The number of ether oxygens (including phenoxy) is 1. The SMILES string of the molecule is CCSc1nc(C(=O)OC)ccc1N. The number of carbonyl (C=O) groups excluding carboxylic acids is 1. The topological polar surface area (TPSA) is 65.2 Å². The van der Waals surface area contributed by atoms with E-state index in [0.717, 1.165) is 5.75 Å². The molecule has 1 aromatic heterocycles. The Bertz CT molecular complexity index is 342. The van der Waals surface area contributed by atoms with Crippen LogP contribution < -0.4 is 5.73 Å². The van der Waals surface area contributed by atoms with Crippen LogP contribution in [-0.4, -0.2) is 23.8 Å². The van der Waals surface area contributed by atoms with Crippen LogP contribution in [0.25, 0.3) is 0 Å². The van der Waals surface area contributed by atoms with Crippen LogP contribution >= 0.6 is 11.8 Å². The van der Waals surface area contributed by atoms with Crippen molar-refractivity contribution in [2.24, 2.45) is 0 Å². The maximum atomic E-state index is 11.1. The number of pyridine rings is 1. The van der Waals surface area contributed by atoms with Gasteiger partial charge in [0.15, 0.2) is 0 Å². The standard InChI is InChI=1S/C9H12N2O2S/c1-3-14-8-6(10)4-5-7(11-8)9(12)13-2/h4-5H,3,10H2,1-2H3. The maximum absolute atomic E-state index is 11.1. The number of anilines is 1. The van der Waals surface area contributed by atoms with E-state index in [9.17, 15) is 4.79 Å². The van der Waals surface area contributed by atoms with E-state index in [1.165, 1.54) is 18.9 Å². The number of nitrogens with two attached hydrogens (primary N) is 1. The lowest BCUT2D eigenvalue weighted by molar-refractivity contribution is 0.0593. The molecule has 0 amide bonds. The Morgan fingerprint density at radius 3 is 2.93 bits per heavy atom. The fraction of sp³-hybridized carbons (Fsp3) is 0.333. The van der Waals surface area contributed by atoms with Gasteiger partial charge in [0.2, 0.25) is 0 Å². The van der Waals surface area contributed by atoms with Gasteiger partial charge >= 0.3 is 5.97 Å². The first-order valence-electron chi connectivity index (χ1n) is 4.16. The van der Waals surface area contributed by atoms with Gasteiger partial charge in [-0.05, 0) is 17.9 Å². The minimum absolute atomic E-state index is 0.289. The van der Waals surface area contributed by atoms with Crippen molar-refractivity contribution in [3.63, 3.8) is 0 Å². The van der Waals surface area contributed by atoms with Crippen molar-refractivity contribution in [1.29, 1.82) is 0 Å². The van der Waals surface area contributed by atoms with E-state index < -0.39 is 5.97 Å². The van der Waals surface area contributed by atoms with Gasteiger partial charge in [-0.1, -0.05) is 6.92 Å². The summed E-state index contributed by atoms with van der Waals surface area (Å²) >= 11 is 1.50. The predicted octanol–water partition coefficient (Wildman–Crippen LogP) is 1.56. The second-order valence-electron chi connectivity index (χ2n) is 2.52. The number of thioether (sulfide) groups is 1. The molecule has 0 spiro atoms. The average molecular weight is 212 g/mol. The first-order valence-corrected chi connectivity index (χ1v) is 5.15. The van der Waals surface area contributed by atoms with Gasteiger partial charge in [0.1, 0.15) is 10.7 Å². The molecule has 14 heavy (non-hydrogen) atoms. The van der Waals surface area contributed by atoms with Crippen LogP contribution in [-0.2, 0) is 4.74 Å². The molecule has 0 radical (unpaired) electrons. The smallest absolute Gasteiger partial charge is 0.356 e. The molecular formula is C9H12N2O2S. The number of esters is 1. The molecule has 76 valence electrons. The molecule has 0 aliphatic heterocycles. The van der Waals surface area contributed by atoms with Crippen molar-refractivity contribution in [2.75, 3.05) is 18.6 Å². The number of nitrogen functional groups attached to an aromatic ring is 1. The van der Waals surface area contributed by atoms with Gasteiger partial charge < -0.3 is 10.5 Å². The molecule has 1 rings (SSSR count). The Kier molecular flexibility index (Phi) is 3.76. The van der Waals surface area contributed by atoms with Crippen molar-refractivity contribution in [3.05, 3.63) is 17.8 Å². The minimum atomic E-state index is -0.442. The van der Waals surface area contributed by atoms with Gasteiger partial charge in [0.25, 0.3) is 0 Å². The van der Waals surface area contributed by atoms with Gasteiger partial charge in [-0.25, -0.2) is 9.78 Å². The van der Waals surface area contributed by atoms with E-state index in [0.29, 0.717) is 10.7 Å². The quantitative estimate of drug-likeness (QED) is 0.608. The van der Waals surface area contributed by atoms with E-state index in [-0.39, 0.29) is 5.69 Å². The highest BCUT2D eigenvalue weighted by molar-refractivity contribution is 7.99. The van der Waals surface area contributed by atoms with E-state index in [4.69, 9.17) is 5.73 Å². The molecular weight excluding hydrogens is 200 g/mol. The molecule has 0 saturated carbocycles. The summed E-state index contributed by atoms with van der Waals surface area (Å²) in [5, 5.41) is 0.676. The second kappa shape index (κ2) is 4.85. The van der Waals surface area contributed by atoms with E-state index in [1.807, 2.05) is 6.92 Å². The Labute approximate surface area is 86.8 Å². The third-order valence-electron chi connectivity index (χ3n) is 1.57. The largest absolute Gasteiger partial charge is 0.464 e. The van der Waals surface area contributed by atoms with Crippen LogP contribution in [0.3, 0.4) is 0 Å². The van der Waals surface area contributed by atoms with Crippen molar-refractivity contribution in [2.45, 2.75) is 11.9 Å². The van der Waals surface area contributed by atoms with E-state index in [2.05, 4.69) is 9.72 Å². The van der Waals surface area contributed by atoms with Crippen LogP contribution in [0.4, 0.5) is 5.69 Å². The minimum Gasteiger partial charge on any atom is -0.464 e. The lowest BCUT2D eigenvalue weighted by Crippen LogP contribution is -2.06. The third-order valence-corrected chi connectivity index (χ3v) is 2.45. The molecule has 1 heterocycles. The number of hydrogen-bond donors (Lipinski definition) is 1. The first kappa shape index (κ1) is 10.8. The number of methoxy groups -OCH3 is 1. The normalized spacial score (nSPS) is 9.86. The molecule has 0 fully saturated rings. The second-order valence-corrected chi connectivity index (χ2v) is 3.77. The Hall–Kier alpha value is -1.23.